The van der Waals surface area contributed by atoms with Crippen LogP contribution in [0.1, 0.15) is 18.9 Å². The molecule has 1 heterocycles. The molecule has 0 saturated heterocycles. The highest BCUT2D eigenvalue weighted by Gasteiger charge is 2.28. The fraction of sp³-hybridized carbons (Fsp3) is 0.308. The monoisotopic (exact) mass is 358 g/mol. The predicted molar refractivity (Wildman–Crippen MR) is 86.9 cm³/mol. The van der Waals surface area contributed by atoms with Crippen LogP contribution in [0.2, 0.25) is 10.0 Å². The minimum Gasteiger partial charge on any atom is -0.324 e. The summed E-state index contributed by atoms with van der Waals surface area (Å²) in [6.45, 7) is 0. The molecule has 0 atom stereocenters. The van der Waals surface area contributed by atoms with Crippen LogP contribution < -0.4 is 11.0 Å². The molecule has 0 bridgehead atoms. The van der Waals surface area contributed by atoms with E-state index in [9.17, 15) is 9.59 Å². The van der Waals surface area contributed by atoms with E-state index in [1.54, 1.807) is 22.8 Å². The largest absolute Gasteiger partial charge is 0.344 e. The van der Waals surface area contributed by atoms with E-state index in [-0.39, 0.29) is 23.4 Å². The number of anilines is 1. The normalized spacial score (nSPS) is 14.1. The van der Waals surface area contributed by atoms with E-state index >= 15 is 0 Å². The fourth-order valence-corrected chi connectivity index (χ4v) is 3.11. The molecule has 0 spiro atoms. The first-order chi connectivity index (χ1) is 10.5. The van der Waals surface area contributed by atoms with Crippen LogP contribution in [0.15, 0.2) is 28.2 Å². The summed E-state index contributed by atoms with van der Waals surface area (Å²) in [5.41, 5.74) is 0.227. The zero-order chi connectivity index (χ0) is 15.7. The number of thioether (sulfide) groups is 1. The fourth-order valence-electron chi connectivity index (χ4n) is 1.96. The Bertz CT molecular complexity index is 770. The van der Waals surface area contributed by atoms with Gasteiger partial charge >= 0.3 is 5.69 Å². The van der Waals surface area contributed by atoms with Gasteiger partial charge in [-0.15, -0.1) is 5.10 Å². The molecule has 0 aliphatic heterocycles. The van der Waals surface area contributed by atoms with Gasteiger partial charge in [-0.25, -0.2) is 9.89 Å². The Morgan fingerprint density at radius 3 is 2.95 bits per heavy atom. The summed E-state index contributed by atoms with van der Waals surface area (Å²) in [7, 11) is 0. The van der Waals surface area contributed by atoms with Crippen molar-refractivity contribution >= 4 is 46.6 Å². The van der Waals surface area contributed by atoms with Crippen molar-refractivity contribution in [2.45, 2.75) is 24.0 Å². The van der Waals surface area contributed by atoms with Gasteiger partial charge in [-0.3, -0.25) is 9.36 Å². The van der Waals surface area contributed by atoms with Crippen molar-refractivity contribution in [1.29, 1.82) is 0 Å². The molecule has 116 valence electrons. The van der Waals surface area contributed by atoms with Crippen molar-refractivity contribution in [3.63, 3.8) is 0 Å². The first-order valence-corrected chi connectivity index (χ1v) is 8.33. The average molecular weight is 359 g/mol. The zero-order valence-electron chi connectivity index (χ0n) is 11.3. The maximum Gasteiger partial charge on any atom is 0.344 e. The molecule has 1 fully saturated rings. The third-order valence-electron chi connectivity index (χ3n) is 3.12. The highest BCUT2D eigenvalue weighted by atomic mass is 35.5. The Hall–Kier alpha value is -1.44. The van der Waals surface area contributed by atoms with E-state index in [1.807, 2.05) is 0 Å². The van der Waals surface area contributed by atoms with E-state index in [4.69, 9.17) is 23.2 Å². The Morgan fingerprint density at radius 1 is 1.45 bits per heavy atom. The SMILES string of the molecule is O=C(CSc1n[nH]c(=O)n1C1CC1)Nc1cc(Cl)ccc1Cl. The molecule has 2 aromatic rings. The van der Waals surface area contributed by atoms with Crippen LogP contribution in [0.3, 0.4) is 0 Å². The van der Waals surface area contributed by atoms with Gasteiger partial charge in [-0.05, 0) is 31.0 Å². The maximum atomic E-state index is 12.0. The number of halogens is 2. The smallest absolute Gasteiger partial charge is 0.324 e. The van der Waals surface area contributed by atoms with Gasteiger partial charge in [-0.1, -0.05) is 35.0 Å². The van der Waals surface area contributed by atoms with Gasteiger partial charge in [-0.2, -0.15) is 0 Å². The molecule has 1 aromatic heterocycles. The number of benzene rings is 1. The first kappa shape index (κ1) is 15.5. The second-order valence-electron chi connectivity index (χ2n) is 4.87. The molecule has 1 amide bonds. The van der Waals surface area contributed by atoms with Crippen LogP contribution in [-0.2, 0) is 4.79 Å². The number of hydrogen-bond donors (Lipinski definition) is 2. The van der Waals surface area contributed by atoms with Gasteiger partial charge in [0.25, 0.3) is 0 Å². The highest BCUT2D eigenvalue weighted by molar-refractivity contribution is 7.99. The molecule has 1 aromatic carbocycles. The molecule has 22 heavy (non-hydrogen) atoms. The van der Waals surface area contributed by atoms with Crippen LogP contribution in [0.25, 0.3) is 0 Å². The van der Waals surface area contributed by atoms with Crippen LogP contribution in [-0.4, -0.2) is 26.4 Å². The van der Waals surface area contributed by atoms with Crippen molar-refractivity contribution in [2.75, 3.05) is 11.1 Å². The number of H-pyrrole nitrogens is 1. The van der Waals surface area contributed by atoms with Gasteiger partial charge in [0.2, 0.25) is 5.91 Å². The lowest BCUT2D eigenvalue weighted by atomic mass is 10.3. The molecular formula is C13H12Cl2N4O2S. The van der Waals surface area contributed by atoms with Gasteiger partial charge < -0.3 is 5.32 Å². The summed E-state index contributed by atoms with van der Waals surface area (Å²) in [4.78, 5) is 23.6. The lowest BCUT2D eigenvalue weighted by molar-refractivity contribution is -0.113. The van der Waals surface area contributed by atoms with Crippen LogP contribution in [0.4, 0.5) is 5.69 Å². The van der Waals surface area contributed by atoms with Crippen molar-refractivity contribution in [3.05, 3.63) is 38.7 Å². The minimum atomic E-state index is -0.244. The molecule has 1 aliphatic rings. The van der Waals surface area contributed by atoms with Gasteiger partial charge in [0.05, 0.1) is 16.5 Å². The summed E-state index contributed by atoms with van der Waals surface area (Å²) in [5, 5.41) is 10.5. The lowest BCUT2D eigenvalue weighted by Gasteiger charge is -2.07. The van der Waals surface area contributed by atoms with Gasteiger partial charge in [0, 0.05) is 11.1 Å². The molecule has 1 aliphatic carbocycles. The molecule has 3 rings (SSSR count). The molecule has 2 N–H and O–H groups in total. The number of carbonyl (C=O) groups excluding carboxylic acids is 1. The third-order valence-corrected chi connectivity index (χ3v) is 4.64. The number of nitrogens with zero attached hydrogens (tertiary/aromatic N) is 2. The minimum absolute atomic E-state index is 0.125. The van der Waals surface area contributed by atoms with E-state index in [2.05, 4.69) is 15.5 Å². The Morgan fingerprint density at radius 2 is 2.23 bits per heavy atom. The van der Waals surface area contributed by atoms with Crippen molar-refractivity contribution in [3.8, 4) is 0 Å². The van der Waals surface area contributed by atoms with Crippen LogP contribution >= 0.6 is 35.0 Å². The van der Waals surface area contributed by atoms with Crippen molar-refractivity contribution < 1.29 is 4.79 Å². The highest BCUT2D eigenvalue weighted by Crippen LogP contribution is 2.36. The number of hydrogen-bond acceptors (Lipinski definition) is 4. The average Bonchev–Trinajstić information content (AvgIpc) is 3.24. The molecule has 0 radical (unpaired) electrons. The summed E-state index contributed by atoms with van der Waals surface area (Å²) in [5.74, 6) is -0.119. The van der Waals surface area contributed by atoms with E-state index < -0.39 is 0 Å². The number of amides is 1. The maximum absolute atomic E-state index is 12.0. The quantitative estimate of drug-likeness (QED) is 0.805. The summed E-state index contributed by atoms with van der Waals surface area (Å²) in [6, 6.07) is 5.05. The second kappa shape index (κ2) is 6.36. The molecule has 0 unspecified atom stereocenters. The number of nitrogens with one attached hydrogen (secondary N) is 2. The molecular weight excluding hydrogens is 347 g/mol. The lowest BCUT2D eigenvalue weighted by Crippen LogP contribution is -2.18. The second-order valence-corrected chi connectivity index (χ2v) is 6.66. The molecule has 6 nitrogen and oxygen atoms in total. The number of aromatic nitrogens is 3. The van der Waals surface area contributed by atoms with Gasteiger partial charge in [0.1, 0.15) is 0 Å². The van der Waals surface area contributed by atoms with E-state index in [0.717, 1.165) is 12.8 Å². The third kappa shape index (κ3) is 3.48. The molecule has 1 saturated carbocycles. The summed E-state index contributed by atoms with van der Waals surface area (Å²) in [6.07, 6.45) is 1.94. The predicted octanol–water partition coefficient (Wildman–Crippen LogP) is 2.94. The Labute approximate surface area is 140 Å². The number of carbonyl (C=O) groups is 1. The Kier molecular flexibility index (Phi) is 4.46. The van der Waals surface area contributed by atoms with E-state index in [1.165, 1.54) is 11.8 Å². The van der Waals surface area contributed by atoms with Gasteiger partial charge in [0.15, 0.2) is 5.16 Å². The summed E-state index contributed by atoms with van der Waals surface area (Å²) < 4.78 is 1.60. The zero-order valence-corrected chi connectivity index (χ0v) is 13.6. The standard InChI is InChI=1S/C13H12Cl2N4O2S/c14-7-1-4-9(15)10(5-7)16-11(20)6-22-13-18-17-12(21)19(13)8-2-3-8/h1,4-5,8H,2-3,6H2,(H,16,20)(H,17,21). The number of aromatic amines is 1. The van der Waals surface area contributed by atoms with Crippen LogP contribution in [0.5, 0.6) is 0 Å². The summed E-state index contributed by atoms with van der Waals surface area (Å²) >= 11 is 13.1. The topological polar surface area (TPSA) is 79.8 Å². The number of rotatable bonds is 5. The first-order valence-electron chi connectivity index (χ1n) is 6.59. The van der Waals surface area contributed by atoms with Crippen LogP contribution in [0, 0.1) is 0 Å². The van der Waals surface area contributed by atoms with Crippen molar-refractivity contribution in [2.24, 2.45) is 0 Å². The molecule has 9 heteroatoms. The Balaban J connectivity index is 1.63. The van der Waals surface area contributed by atoms with Crippen molar-refractivity contribution in [1.82, 2.24) is 14.8 Å². The van der Waals surface area contributed by atoms with E-state index in [0.29, 0.717) is 20.9 Å².